The predicted octanol–water partition coefficient (Wildman–Crippen LogP) is 1.64. The van der Waals surface area contributed by atoms with Crippen molar-refractivity contribution in [2.75, 3.05) is 39.5 Å². The second kappa shape index (κ2) is 29.4. The molecule has 0 aromatic carbocycles. The lowest BCUT2D eigenvalue weighted by molar-refractivity contribution is -0.144. The number of primary amides is 1. The summed E-state index contributed by atoms with van der Waals surface area (Å²) in [5.41, 5.74) is 3.64. The number of likely N-dealkylation sites (tertiary alicyclic amines) is 1. The number of ketones is 1. The van der Waals surface area contributed by atoms with E-state index >= 15 is 0 Å². The Kier molecular flexibility index (Phi) is 30.7. The maximum atomic E-state index is 14.1. The summed E-state index contributed by atoms with van der Waals surface area (Å²) in [6.07, 6.45) is 5.05. The molecule has 4 amide bonds. The average molecular weight is 722 g/mol. The molecule has 4 unspecified atom stereocenters. The van der Waals surface area contributed by atoms with E-state index in [1.165, 1.54) is 0 Å². The summed E-state index contributed by atoms with van der Waals surface area (Å²) < 4.78 is 2.86. The molecule has 1 fully saturated rings. The first-order valence-corrected chi connectivity index (χ1v) is 18.1. The zero-order valence-electron chi connectivity index (χ0n) is 32.0. The van der Waals surface area contributed by atoms with Gasteiger partial charge in [-0.15, -0.1) is 0 Å². The van der Waals surface area contributed by atoms with E-state index in [1.54, 1.807) is 4.90 Å². The number of rotatable bonds is 18. The van der Waals surface area contributed by atoms with Crippen molar-refractivity contribution in [1.82, 2.24) is 30.9 Å². The van der Waals surface area contributed by atoms with E-state index in [9.17, 15) is 19.2 Å². The molecule has 0 aliphatic carbocycles. The van der Waals surface area contributed by atoms with Gasteiger partial charge in [0.15, 0.2) is 0 Å². The molecule has 0 saturated carbocycles. The molecular formula is C34H71N7O7S. The monoisotopic (exact) mass is 722 g/mol. The van der Waals surface area contributed by atoms with Crippen LogP contribution in [0.4, 0.5) is 0 Å². The summed E-state index contributed by atoms with van der Waals surface area (Å²) in [4.78, 5) is 63.2. The summed E-state index contributed by atoms with van der Waals surface area (Å²) in [7, 11) is 0. The number of unbranched alkanes of at least 4 members (excludes halogenated alkanes) is 1. The highest BCUT2D eigenvalue weighted by molar-refractivity contribution is 7.78. The van der Waals surface area contributed by atoms with Crippen molar-refractivity contribution in [1.29, 1.82) is 0 Å². The third-order valence-electron chi connectivity index (χ3n) is 7.59. The van der Waals surface area contributed by atoms with Crippen LogP contribution in [0.2, 0.25) is 0 Å². The van der Waals surface area contributed by atoms with Crippen LogP contribution in [0, 0.1) is 10.8 Å². The van der Waals surface area contributed by atoms with Gasteiger partial charge in [-0.05, 0) is 49.5 Å². The van der Waals surface area contributed by atoms with Crippen molar-refractivity contribution in [3.63, 3.8) is 0 Å². The van der Waals surface area contributed by atoms with Gasteiger partial charge < -0.3 is 42.1 Å². The summed E-state index contributed by atoms with van der Waals surface area (Å²) in [6.45, 7) is 22.9. The van der Waals surface area contributed by atoms with Crippen LogP contribution in [0.3, 0.4) is 0 Å². The Morgan fingerprint density at radius 2 is 1.53 bits per heavy atom. The number of carbonyl (C=O) groups is 5. The second-order valence-corrected chi connectivity index (χ2v) is 14.0. The zero-order chi connectivity index (χ0) is 38.6. The zero-order valence-corrected chi connectivity index (χ0v) is 32.9. The fourth-order valence-electron chi connectivity index (χ4n) is 4.94. The highest BCUT2D eigenvalue weighted by atomic mass is 32.1. The maximum Gasteiger partial charge on any atom is 0.289 e. The molecule has 0 aromatic rings. The lowest BCUT2D eigenvalue weighted by Gasteiger charge is -2.41. The van der Waals surface area contributed by atoms with E-state index < -0.39 is 42.0 Å². The van der Waals surface area contributed by atoms with Gasteiger partial charge in [-0.25, -0.2) is 0 Å². The molecule has 0 radical (unpaired) electrons. The SMILES string of the molecule is CC.CCCCC(NC(=O)C1CCCN1C(=O)C(NC(CNCCCNS)C(C)(C)C)C(C)(C)C)C(=O)C(=O)NCCC.NC=O.OCO. The number of thiol groups is 1. The Morgan fingerprint density at radius 1 is 0.959 bits per heavy atom. The van der Waals surface area contributed by atoms with Gasteiger partial charge in [0.2, 0.25) is 24.0 Å². The first kappa shape index (κ1) is 51.1. The van der Waals surface area contributed by atoms with E-state index in [2.05, 4.69) is 65.3 Å². The van der Waals surface area contributed by atoms with Gasteiger partial charge in [0, 0.05) is 32.2 Å². The van der Waals surface area contributed by atoms with Crippen LogP contribution < -0.4 is 31.7 Å². The summed E-state index contributed by atoms with van der Waals surface area (Å²) >= 11 is 4.04. The minimum atomic E-state index is -0.900. The normalized spacial score (nSPS) is 15.9. The summed E-state index contributed by atoms with van der Waals surface area (Å²) in [5.74, 6) is -1.78. The van der Waals surface area contributed by atoms with Gasteiger partial charge in [-0.2, -0.15) is 0 Å². The van der Waals surface area contributed by atoms with E-state index in [0.717, 1.165) is 25.9 Å². The highest BCUT2D eigenvalue weighted by Crippen LogP contribution is 2.29. The van der Waals surface area contributed by atoms with Crippen molar-refractivity contribution in [3.8, 4) is 0 Å². The summed E-state index contributed by atoms with van der Waals surface area (Å²) in [6, 6.07) is -2.09. The van der Waals surface area contributed by atoms with E-state index in [-0.39, 0.29) is 29.7 Å². The quantitative estimate of drug-likeness (QED) is 0.0328. The van der Waals surface area contributed by atoms with Gasteiger partial charge in [-0.3, -0.25) is 28.7 Å². The molecule has 0 bridgehead atoms. The minimum absolute atomic E-state index is 0.00666. The third-order valence-corrected chi connectivity index (χ3v) is 7.82. The average Bonchev–Trinajstić information content (AvgIpc) is 3.53. The van der Waals surface area contributed by atoms with E-state index in [0.29, 0.717) is 51.7 Å². The third kappa shape index (κ3) is 22.2. The minimum Gasteiger partial charge on any atom is -0.372 e. The van der Waals surface area contributed by atoms with Crippen LogP contribution in [-0.2, 0) is 24.0 Å². The van der Waals surface area contributed by atoms with Gasteiger partial charge in [0.05, 0.1) is 12.1 Å². The van der Waals surface area contributed by atoms with Gasteiger partial charge in [0.1, 0.15) is 12.8 Å². The molecule has 1 rings (SSSR count). The molecule has 1 aliphatic heterocycles. The molecule has 290 valence electrons. The molecule has 4 atom stereocenters. The number of hydrogen-bond donors (Lipinski definition) is 9. The number of carbonyl (C=O) groups excluding carboxylic acids is 5. The van der Waals surface area contributed by atoms with Gasteiger partial charge in [-0.1, -0.05) is 94.9 Å². The number of aliphatic hydroxyl groups is 2. The lowest BCUT2D eigenvalue weighted by Crippen LogP contribution is -2.62. The Balaban J connectivity index is -0.00000241. The number of hydrogen-bond acceptors (Lipinski definition) is 11. The summed E-state index contributed by atoms with van der Waals surface area (Å²) in [5, 5.41) is 26.9. The molecule has 1 saturated heterocycles. The number of amides is 4. The number of nitrogens with two attached hydrogens (primary N) is 1. The number of nitrogens with one attached hydrogen (secondary N) is 5. The number of Topliss-reactive ketones (excluding diaryl/α,β-unsaturated/α-hetero) is 1. The molecule has 1 aliphatic rings. The standard InChI is InChI=1S/C30H58N6O4S.C2H6.CH3NO.CH4O2/c1-9-11-14-21(24(37)27(39)32-16-10-2)34-26(38)22-15-12-19-36(22)28(40)25(30(6,7)8)35-23(29(3,4)5)20-31-17-13-18-33-41;1-2;2*2-1-3/h21-23,25,31,33,35,41H,9-20H2,1-8H3,(H,32,39)(H,34,38);1-2H3;1H,(H2,2,3);2-3H,1H2. The highest BCUT2D eigenvalue weighted by Gasteiger charge is 2.43. The molecule has 0 aromatic heterocycles. The fourth-order valence-corrected chi connectivity index (χ4v) is 5.10. The van der Waals surface area contributed by atoms with E-state index in [4.69, 9.17) is 15.0 Å². The van der Waals surface area contributed by atoms with Crippen LogP contribution in [-0.4, -0.2) is 109 Å². The first-order valence-electron chi connectivity index (χ1n) is 17.7. The Hall–Kier alpha value is -2.30. The van der Waals surface area contributed by atoms with Crippen LogP contribution in [0.25, 0.3) is 0 Å². The maximum absolute atomic E-state index is 14.1. The van der Waals surface area contributed by atoms with Crippen LogP contribution in [0.15, 0.2) is 0 Å². The smallest absolute Gasteiger partial charge is 0.289 e. The molecule has 49 heavy (non-hydrogen) atoms. The molecule has 1 heterocycles. The Labute approximate surface area is 301 Å². The fraction of sp³-hybridized carbons (Fsp3) is 0.853. The molecule has 9 N–H and O–H groups in total. The lowest BCUT2D eigenvalue weighted by atomic mass is 9.81. The van der Waals surface area contributed by atoms with E-state index in [1.807, 2.05) is 48.5 Å². The van der Waals surface area contributed by atoms with Crippen molar-refractivity contribution >= 4 is 42.7 Å². The molecular weight excluding hydrogens is 650 g/mol. The number of aliphatic hydroxyl groups excluding tert-OH is 1. The topological polar surface area (TPSA) is 215 Å². The first-order chi connectivity index (χ1) is 23.0. The van der Waals surface area contributed by atoms with Crippen LogP contribution in [0.5, 0.6) is 0 Å². The van der Waals surface area contributed by atoms with Crippen molar-refractivity contribution in [2.24, 2.45) is 16.6 Å². The second-order valence-electron chi connectivity index (χ2n) is 13.6. The molecule has 15 heteroatoms. The largest absolute Gasteiger partial charge is 0.372 e. The Morgan fingerprint density at radius 3 is 2.00 bits per heavy atom. The van der Waals surface area contributed by atoms with Gasteiger partial charge >= 0.3 is 0 Å². The van der Waals surface area contributed by atoms with Crippen molar-refractivity contribution in [2.45, 2.75) is 138 Å². The predicted molar refractivity (Wildman–Crippen MR) is 199 cm³/mol. The van der Waals surface area contributed by atoms with Gasteiger partial charge in [0.25, 0.3) is 5.91 Å². The van der Waals surface area contributed by atoms with Crippen LogP contribution >= 0.6 is 12.8 Å². The molecule has 0 spiro atoms. The number of nitrogens with zero attached hydrogens (tertiary/aromatic N) is 1. The Bertz CT molecular complexity index is 914. The molecule has 14 nitrogen and oxygen atoms in total. The van der Waals surface area contributed by atoms with Crippen LogP contribution in [0.1, 0.15) is 114 Å². The van der Waals surface area contributed by atoms with Crippen molar-refractivity contribution in [3.05, 3.63) is 0 Å². The van der Waals surface area contributed by atoms with Crippen molar-refractivity contribution < 1.29 is 34.2 Å².